The van der Waals surface area contributed by atoms with Gasteiger partial charge < -0.3 is 16.2 Å². The fourth-order valence-electron chi connectivity index (χ4n) is 2.03. The number of aromatic nitrogens is 1. The molecule has 0 atom stereocenters. The molecule has 0 aliphatic heterocycles. The van der Waals surface area contributed by atoms with Crippen LogP contribution in [0.25, 0.3) is 10.2 Å². The number of anilines is 2. The zero-order valence-corrected chi connectivity index (χ0v) is 12.1. The van der Waals surface area contributed by atoms with Crippen LogP contribution in [0.5, 0.6) is 5.75 Å². The highest BCUT2D eigenvalue weighted by molar-refractivity contribution is 7.22. The van der Waals surface area contributed by atoms with E-state index in [1.807, 2.05) is 6.92 Å². The van der Waals surface area contributed by atoms with Crippen molar-refractivity contribution in [1.82, 2.24) is 4.98 Å². The molecule has 2 aromatic carbocycles. The topological polar surface area (TPSA) is 88.2 Å². The fraction of sp³-hybridized carbons (Fsp3) is 0.0667. The highest BCUT2D eigenvalue weighted by Crippen LogP contribution is 2.27. The molecule has 3 aromatic rings. The number of amides is 1. The molecule has 0 bridgehead atoms. The second-order valence-corrected chi connectivity index (χ2v) is 5.77. The molecular formula is C15H13N3O2S. The van der Waals surface area contributed by atoms with Crippen molar-refractivity contribution >= 4 is 38.3 Å². The molecule has 0 unspecified atom stereocenters. The van der Waals surface area contributed by atoms with Crippen LogP contribution in [0.4, 0.5) is 10.8 Å². The van der Waals surface area contributed by atoms with Crippen molar-refractivity contribution in [3.8, 4) is 5.75 Å². The number of phenols is 1. The molecule has 1 amide bonds. The number of hydrogen-bond donors (Lipinski definition) is 3. The second kappa shape index (κ2) is 5.06. The number of nitrogens with two attached hydrogens (primary N) is 1. The van der Waals surface area contributed by atoms with E-state index in [9.17, 15) is 9.90 Å². The van der Waals surface area contributed by atoms with Crippen molar-refractivity contribution in [2.45, 2.75) is 6.92 Å². The molecular weight excluding hydrogens is 286 g/mol. The summed E-state index contributed by atoms with van der Waals surface area (Å²) in [6, 6.07) is 10.2. The Morgan fingerprint density at radius 2 is 2.10 bits per heavy atom. The lowest BCUT2D eigenvalue weighted by molar-refractivity contribution is 0.102. The molecule has 106 valence electrons. The first-order chi connectivity index (χ1) is 10.0. The number of aromatic hydroxyl groups is 1. The summed E-state index contributed by atoms with van der Waals surface area (Å²) >= 11 is 1.33. The zero-order chi connectivity index (χ0) is 15.0. The Labute approximate surface area is 125 Å². The number of rotatable bonds is 2. The molecule has 1 aromatic heterocycles. The normalized spacial score (nSPS) is 10.7. The molecule has 0 radical (unpaired) electrons. The van der Waals surface area contributed by atoms with Crippen molar-refractivity contribution in [1.29, 1.82) is 0 Å². The van der Waals surface area contributed by atoms with E-state index >= 15 is 0 Å². The van der Waals surface area contributed by atoms with Crippen LogP contribution in [-0.4, -0.2) is 16.0 Å². The SMILES string of the molecule is Cc1ccc(O)c(NC(=O)c2ccc3nc(N)sc3c2)c1. The average molecular weight is 299 g/mol. The van der Waals surface area contributed by atoms with Crippen LogP contribution in [0, 0.1) is 6.92 Å². The first-order valence-corrected chi connectivity index (χ1v) is 7.11. The maximum atomic E-state index is 12.3. The summed E-state index contributed by atoms with van der Waals surface area (Å²) in [5.41, 5.74) is 8.26. The van der Waals surface area contributed by atoms with Crippen LogP contribution in [0.3, 0.4) is 0 Å². The second-order valence-electron chi connectivity index (χ2n) is 4.71. The van der Waals surface area contributed by atoms with Gasteiger partial charge in [0, 0.05) is 5.56 Å². The first kappa shape index (κ1) is 13.4. The molecule has 4 N–H and O–H groups in total. The Morgan fingerprint density at radius 3 is 2.90 bits per heavy atom. The molecule has 3 rings (SSSR count). The Hall–Kier alpha value is -2.60. The number of benzene rings is 2. The van der Waals surface area contributed by atoms with E-state index in [1.165, 1.54) is 11.3 Å². The van der Waals surface area contributed by atoms with Gasteiger partial charge in [0.2, 0.25) is 0 Å². The van der Waals surface area contributed by atoms with Crippen LogP contribution in [0.1, 0.15) is 15.9 Å². The van der Waals surface area contributed by atoms with Crippen molar-refractivity contribution in [3.63, 3.8) is 0 Å². The molecule has 5 nitrogen and oxygen atoms in total. The Morgan fingerprint density at radius 1 is 1.29 bits per heavy atom. The smallest absolute Gasteiger partial charge is 0.255 e. The molecule has 0 fully saturated rings. The van der Waals surface area contributed by atoms with E-state index in [4.69, 9.17) is 5.73 Å². The molecule has 21 heavy (non-hydrogen) atoms. The van der Waals surface area contributed by atoms with E-state index < -0.39 is 0 Å². The average Bonchev–Trinajstić information content (AvgIpc) is 2.81. The highest BCUT2D eigenvalue weighted by Gasteiger charge is 2.11. The minimum absolute atomic E-state index is 0.0389. The van der Waals surface area contributed by atoms with Gasteiger partial charge in [0.1, 0.15) is 5.75 Å². The monoisotopic (exact) mass is 299 g/mol. The standard InChI is InChI=1S/C15H13N3O2S/c1-8-2-5-12(19)11(6-8)17-14(20)9-3-4-10-13(7-9)21-15(16)18-10/h2-7,19H,1H3,(H2,16,18)(H,17,20). The van der Waals surface area contributed by atoms with Gasteiger partial charge in [-0.25, -0.2) is 4.98 Å². The van der Waals surface area contributed by atoms with Gasteiger partial charge in [-0.2, -0.15) is 0 Å². The van der Waals surface area contributed by atoms with Gasteiger partial charge in [-0.15, -0.1) is 0 Å². The molecule has 0 spiro atoms. The predicted octanol–water partition coefficient (Wildman–Crippen LogP) is 3.14. The van der Waals surface area contributed by atoms with Crippen LogP contribution in [0.15, 0.2) is 36.4 Å². The van der Waals surface area contributed by atoms with Gasteiger partial charge in [-0.3, -0.25) is 4.79 Å². The third kappa shape index (κ3) is 2.66. The maximum absolute atomic E-state index is 12.3. The van der Waals surface area contributed by atoms with Crippen molar-refractivity contribution < 1.29 is 9.90 Å². The molecule has 0 aliphatic rings. The number of nitrogens with one attached hydrogen (secondary N) is 1. The number of phenolic OH excluding ortho intramolecular Hbond substituents is 1. The van der Waals surface area contributed by atoms with E-state index in [0.717, 1.165) is 15.8 Å². The Bertz CT molecular complexity index is 842. The number of carbonyl (C=O) groups is 1. The van der Waals surface area contributed by atoms with Gasteiger partial charge in [-0.05, 0) is 42.8 Å². The van der Waals surface area contributed by atoms with Gasteiger partial charge in [0.15, 0.2) is 5.13 Å². The number of aryl methyl sites for hydroxylation is 1. The van der Waals surface area contributed by atoms with Gasteiger partial charge in [-0.1, -0.05) is 17.4 Å². The summed E-state index contributed by atoms with van der Waals surface area (Å²) in [4.78, 5) is 16.4. The number of carbonyl (C=O) groups excluding carboxylic acids is 1. The lowest BCUT2D eigenvalue weighted by Crippen LogP contribution is -2.11. The first-order valence-electron chi connectivity index (χ1n) is 6.30. The summed E-state index contributed by atoms with van der Waals surface area (Å²) < 4.78 is 0.855. The summed E-state index contributed by atoms with van der Waals surface area (Å²) in [5.74, 6) is -0.248. The van der Waals surface area contributed by atoms with Gasteiger partial charge in [0.25, 0.3) is 5.91 Å². The number of hydrogen-bond acceptors (Lipinski definition) is 5. The van der Waals surface area contributed by atoms with Crippen molar-refractivity contribution in [2.24, 2.45) is 0 Å². The lowest BCUT2D eigenvalue weighted by Gasteiger charge is -2.08. The largest absolute Gasteiger partial charge is 0.506 e. The maximum Gasteiger partial charge on any atom is 0.255 e. The molecule has 0 aliphatic carbocycles. The third-order valence-electron chi connectivity index (χ3n) is 3.07. The lowest BCUT2D eigenvalue weighted by atomic mass is 10.1. The number of fused-ring (bicyclic) bond motifs is 1. The minimum Gasteiger partial charge on any atom is -0.506 e. The van der Waals surface area contributed by atoms with Crippen LogP contribution in [0.2, 0.25) is 0 Å². The van der Waals surface area contributed by atoms with Crippen molar-refractivity contribution in [3.05, 3.63) is 47.5 Å². The minimum atomic E-state index is -0.287. The van der Waals surface area contributed by atoms with Gasteiger partial charge in [0.05, 0.1) is 15.9 Å². The number of nitrogens with zero attached hydrogens (tertiary/aromatic N) is 1. The third-order valence-corrected chi connectivity index (χ3v) is 3.91. The fourth-order valence-corrected chi connectivity index (χ4v) is 2.80. The van der Waals surface area contributed by atoms with E-state index in [0.29, 0.717) is 16.4 Å². The summed E-state index contributed by atoms with van der Waals surface area (Å²) in [6.07, 6.45) is 0. The van der Waals surface area contributed by atoms with Crippen LogP contribution in [-0.2, 0) is 0 Å². The number of nitrogen functional groups attached to an aromatic ring is 1. The molecule has 1 heterocycles. The van der Waals surface area contributed by atoms with E-state index in [2.05, 4.69) is 10.3 Å². The Balaban J connectivity index is 1.91. The highest BCUT2D eigenvalue weighted by atomic mass is 32.1. The molecule has 6 heteroatoms. The van der Waals surface area contributed by atoms with Crippen LogP contribution < -0.4 is 11.1 Å². The van der Waals surface area contributed by atoms with E-state index in [1.54, 1.807) is 36.4 Å². The van der Waals surface area contributed by atoms with Crippen molar-refractivity contribution in [2.75, 3.05) is 11.1 Å². The van der Waals surface area contributed by atoms with E-state index in [-0.39, 0.29) is 11.7 Å². The number of thiazole rings is 1. The molecule has 0 saturated heterocycles. The Kier molecular flexibility index (Phi) is 3.23. The summed E-state index contributed by atoms with van der Waals surface area (Å²) in [6.45, 7) is 1.89. The zero-order valence-electron chi connectivity index (χ0n) is 11.3. The molecule has 0 saturated carbocycles. The summed E-state index contributed by atoms with van der Waals surface area (Å²) in [5, 5.41) is 12.9. The van der Waals surface area contributed by atoms with Crippen LogP contribution >= 0.6 is 11.3 Å². The predicted molar refractivity (Wildman–Crippen MR) is 84.8 cm³/mol. The van der Waals surface area contributed by atoms with Gasteiger partial charge >= 0.3 is 0 Å². The summed E-state index contributed by atoms with van der Waals surface area (Å²) in [7, 11) is 0. The quantitative estimate of drug-likeness (QED) is 0.634.